The molecule has 0 bridgehead atoms. The summed E-state index contributed by atoms with van der Waals surface area (Å²) in [6.45, 7) is 7.71. The minimum absolute atomic E-state index is 0.0140. The van der Waals surface area contributed by atoms with Crippen molar-refractivity contribution in [2.45, 2.75) is 45.7 Å². The fourth-order valence-corrected chi connectivity index (χ4v) is 8.08. The van der Waals surface area contributed by atoms with Gasteiger partial charge in [0.2, 0.25) is 5.76 Å². The Morgan fingerprint density at radius 1 is 0.957 bits per heavy atom. The summed E-state index contributed by atoms with van der Waals surface area (Å²) in [5.41, 5.74) is 3.19. The number of esters is 1. The van der Waals surface area contributed by atoms with Crippen molar-refractivity contribution in [1.29, 1.82) is 0 Å². The number of aryl methyl sites for hydroxylation is 2. The van der Waals surface area contributed by atoms with E-state index in [2.05, 4.69) is 0 Å². The molecule has 0 saturated carbocycles. The van der Waals surface area contributed by atoms with Crippen LogP contribution in [0.5, 0.6) is 0 Å². The number of anilines is 1. The van der Waals surface area contributed by atoms with E-state index in [0.717, 1.165) is 10.4 Å². The molecule has 5 rings (SSSR count). The Morgan fingerprint density at radius 3 is 2.39 bits per heavy atom. The molecule has 2 heterocycles. The van der Waals surface area contributed by atoms with Crippen LogP contribution in [0.1, 0.15) is 56.3 Å². The number of rotatable bonds is 11. The molecule has 0 N–H and O–H groups in total. The quantitative estimate of drug-likeness (QED) is 0.128. The van der Waals surface area contributed by atoms with Gasteiger partial charge in [-0.3, -0.25) is 9.10 Å². The van der Waals surface area contributed by atoms with Crippen LogP contribution < -0.4 is 4.31 Å². The van der Waals surface area contributed by atoms with E-state index < -0.39 is 16.0 Å². The van der Waals surface area contributed by atoms with Crippen molar-refractivity contribution in [3.8, 4) is 0 Å². The molecule has 3 aromatic carbocycles. The van der Waals surface area contributed by atoms with Gasteiger partial charge in [-0.05, 0) is 98.8 Å². The summed E-state index contributed by atoms with van der Waals surface area (Å²) in [6, 6.07) is 18.3. The number of carbonyl (C=O) groups is 2. The Balaban J connectivity index is 1.55. The van der Waals surface area contributed by atoms with Crippen molar-refractivity contribution < 1.29 is 27.2 Å². The van der Waals surface area contributed by atoms with Crippen molar-refractivity contribution in [2.75, 3.05) is 17.5 Å². The average molecular weight is 700 g/mol. The molecule has 240 valence electrons. The standard InChI is InChI=1S/C34H32Cl2N2O6S2/c1-5-38(46(41,42)26-12-14-31-28(17-26)22(4)32(44-31)34(40)43-6-2)30-13-11-24(35)16-23(30)18-37(19-25-15-21(3)20-45-25)33(39)27-9-7-8-10-29(27)36/h7-17,20H,5-6,18-19H2,1-4H3. The molecule has 0 unspecified atom stereocenters. The van der Waals surface area contributed by atoms with Crippen LogP contribution in [-0.2, 0) is 27.8 Å². The van der Waals surface area contributed by atoms with Gasteiger partial charge in [0.15, 0.2) is 0 Å². The van der Waals surface area contributed by atoms with Gasteiger partial charge in [-0.25, -0.2) is 13.2 Å². The van der Waals surface area contributed by atoms with Crippen LogP contribution in [0.2, 0.25) is 10.0 Å². The second kappa shape index (κ2) is 13.9. The fourth-order valence-electron chi connectivity index (χ4n) is 5.24. The Kier molecular flexibility index (Phi) is 10.1. The minimum Gasteiger partial charge on any atom is -0.460 e. The van der Waals surface area contributed by atoms with Crippen molar-refractivity contribution in [3.63, 3.8) is 0 Å². The number of fused-ring (bicyclic) bond motifs is 1. The van der Waals surface area contributed by atoms with E-state index in [4.69, 9.17) is 32.4 Å². The predicted octanol–water partition coefficient (Wildman–Crippen LogP) is 8.65. The molecule has 5 aromatic rings. The van der Waals surface area contributed by atoms with Gasteiger partial charge in [0, 0.05) is 33.9 Å². The van der Waals surface area contributed by atoms with E-state index in [1.807, 2.05) is 18.4 Å². The summed E-state index contributed by atoms with van der Waals surface area (Å²) in [4.78, 5) is 28.9. The molecule has 0 saturated heterocycles. The van der Waals surface area contributed by atoms with Crippen molar-refractivity contribution in [1.82, 2.24) is 4.90 Å². The lowest BCUT2D eigenvalue weighted by Crippen LogP contribution is -2.34. The molecule has 0 spiro atoms. The van der Waals surface area contributed by atoms with E-state index in [0.29, 0.717) is 43.4 Å². The third-order valence-corrected chi connectivity index (χ3v) is 10.9. The van der Waals surface area contributed by atoms with E-state index in [-0.39, 0.29) is 42.8 Å². The molecule has 0 aliphatic carbocycles. The number of benzene rings is 3. The topological polar surface area (TPSA) is 97.1 Å². The summed E-state index contributed by atoms with van der Waals surface area (Å²) in [5, 5.41) is 3.21. The second-order valence-corrected chi connectivity index (χ2v) is 14.3. The minimum atomic E-state index is -4.13. The second-order valence-electron chi connectivity index (χ2n) is 10.6. The number of hydrogen-bond acceptors (Lipinski definition) is 7. The van der Waals surface area contributed by atoms with Crippen LogP contribution in [0.15, 0.2) is 81.4 Å². The third-order valence-electron chi connectivity index (χ3n) is 7.44. The van der Waals surface area contributed by atoms with Gasteiger partial charge in [-0.1, -0.05) is 35.3 Å². The third kappa shape index (κ3) is 6.80. The summed E-state index contributed by atoms with van der Waals surface area (Å²) >= 11 is 14.4. The molecule has 46 heavy (non-hydrogen) atoms. The lowest BCUT2D eigenvalue weighted by molar-refractivity contribution is 0.0491. The van der Waals surface area contributed by atoms with Gasteiger partial charge >= 0.3 is 5.97 Å². The molecular formula is C34H32Cl2N2O6S2. The van der Waals surface area contributed by atoms with E-state index >= 15 is 0 Å². The molecule has 0 atom stereocenters. The lowest BCUT2D eigenvalue weighted by Gasteiger charge is -2.29. The van der Waals surface area contributed by atoms with Crippen molar-refractivity contribution in [2.24, 2.45) is 0 Å². The van der Waals surface area contributed by atoms with Crippen LogP contribution >= 0.6 is 34.5 Å². The molecular weight excluding hydrogens is 667 g/mol. The maximum absolute atomic E-state index is 14.3. The highest BCUT2D eigenvalue weighted by Crippen LogP contribution is 2.34. The largest absolute Gasteiger partial charge is 0.460 e. The first-order valence-corrected chi connectivity index (χ1v) is 17.6. The maximum Gasteiger partial charge on any atom is 0.374 e. The Morgan fingerprint density at radius 2 is 1.72 bits per heavy atom. The number of nitrogens with zero attached hydrogens (tertiary/aromatic N) is 2. The van der Waals surface area contributed by atoms with Gasteiger partial charge in [-0.2, -0.15) is 0 Å². The van der Waals surface area contributed by atoms with Gasteiger partial charge in [0.05, 0.1) is 34.3 Å². The highest BCUT2D eigenvalue weighted by molar-refractivity contribution is 7.92. The van der Waals surface area contributed by atoms with Gasteiger partial charge in [0.25, 0.3) is 15.9 Å². The molecule has 12 heteroatoms. The number of furan rings is 1. The van der Waals surface area contributed by atoms with Crippen LogP contribution in [0.25, 0.3) is 11.0 Å². The Bertz CT molecular complexity index is 2040. The number of sulfonamides is 1. The van der Waals surface area contributed by atoms with E-state index in [1.165, 1.54) is 33.8 Å². The normalized spacial score (nSPS) is 11.5. The number of carbonyl (C=O) groups excluding carboxylic acids is 2. The number of amides is 1. The Labute approximate surface area is 282 Å². The zero-order valence-electron chi connectivity index (χ0n) is 25.7. The first-order chi connectivity index (χ1) is 21.9. The molecule has 1 amide bonds. The maximum atomic E-state index is 14.3. The average Bonchev–Trinajstić information content (AvgIpc) is 3.59. The summed E-state index contributed by atoms with van der Waals surface area (Å²) in [7, 11) is -4.13. The van der Waals surface area contributed by atoms with Crippen LogP contribution in [0, 0.1) is 13.8 Å². The molecule has 2 aromatic heterocycles. The van der Waals surface area contributed by atoms with E-state index in [9.17, 15) is 18.0 Å². The molecule has 0 aliphatic heterocycles. The van der Waals surface area contributed by atoms with Crippen molar-refractivity contribution in [3.05, 3.63) is 115 Å². The smallest absolute Gasteiger partial charge is 0.374 e. The van der Waals surface area contributed by atoms with E-state index in [1.54, 1.807) is 68.1 Å². The summed E-state index contributed by atoms with van der Waals surface area (Å²) < 4.78 is 40.6. The monoisotopic (exact) mass is 698 g/mol. The molecule has 0 aliphatic rings. The fraction of sp³-hybridized carbons (Fsp3) is 0.235. The first-order valence-electron chi connectivity index (χ1n) is 14.5. The number of halogens is 2. The zero-order valence-corrected chi connectivity index (χ0v) is 28.8. The van der Waals surface area contributed by atoms with Crippen LogP contribution in [0.4, 0.5) is 5.69 Å². The highest BCUT2D eigenvalue weighted by atomic mass is 35.5. The van der Waals surface area contributed by atoms with Crippen LogP contribution in [0.3, 0.4) is 0 Å². The van der Waals surface area contributed by atoms with Crippen LogP contribution in [-0.4, -0.2) is 38.3 Å². The van der Waals surface area contributed by atoms with Crippen molar-refractivity contribution >= 4 is 73.1 Å². The first kappa shape index (κ1) is 33.5. The lowest BCUT2D eigenvalue weighted by atomic mass is 10.1. The van der Waals surface area contributed by atoms with Gasteiger partial charge in [0.1, 0.15) is 5.58 Å². The number of thiophene rings is 1. The number of ether oxygens (including phenoxy) is 1. The number of hydrogen-bond donors (Lipinski definition) is 0. The molecule has 8 nitrogen and oxygen atoms in total. The molecule has 0 fully saturated rings. The summed E-state index contributed by atoms with van der Waals surface area (Å²) in [5.74, 6) is -0.884. The summed E-state index contributed by atoms with van der Waals surface area (Å²) in [6.07, 6.45) is 0. The SMILES string of the molecule is CCOC(=O)c1oc2ccc(S(=O)(=O)N(CC)c3ccc(Cl)cc3CN(Cc3cc(C)cs3)C(=O)c3ccccc3Cl)cc2c1C. The predicted molar refractivity (Wildman–Crippen MR) is 183 cm³/mol. The zero-order chi connectivity index (χ0) is 33.2. The van der Waals surface area contributed by atoms with Gasteiger partial charge in [-0.15, -0.1) is 11.3 Å². The Hall–Kier alpha value is -3.83. The van der Waals surface area contributed by atoms with Gasteiger partial charge < -0.3 is 14.1 Å². The highest BCUT2D eigenvalue weighted by Gasteiger charge is 2.29. The molecule has 0 radical (unpaired) electrons.